The van der Waals surface area contributed by atoms with Gasteiger partial charge in [-0.05, 0) is 61.4 Å². The number of esters is 1. The molecule has 0 spiro atoms. The van der Waals surface area contributed by atoms with Gasteiger partial charge in [-0.1, -0.05) is 46.3 Å². The van der Waals surface area contributed by atoms with Crippen LogP contribution in [-0.4, -0.2) is 24.0 Å². The lowest BCUT2D eigenvalue weighted by molar-refractivity contribution is -0.136. The van der Waals surface area contributed by atoms with Crippen LogP contribution in [0.4, 0.5) is 5.69 Å². The molecule has 8 heteroatoms. The minimum Gasteiger partial charge on any atom is -0.422 e. The summed E-state index contributed by atoms with van der Waals surface area (Å²) in [6.45, 7) is 3.69. The van der Waals surface area contributed by atoms with Crippen molar-refractivity contribution in [3.63, 3.8) is 0 Å². The van der Waals surface area contributed by atoms with E-state index in [9.17, 15) is 14.4 Å². The first-order chi connectivity index (χ1) is 15.3. The second-order valence-corrected chi connectivity index (χ2v) is 7.82. The van der Waals surface area contributed by atoms with Crippen LogP contribution in [0.15, 0.2) is 76.3 Å². The number of nitrogens with zero attached hydrogens (tertiary/aromatic N) is 1. The van der Waals surface area contributed by atoms with Gasteiger partial charge >= 0.3 is 17.8 Å². The minimum atomic E-state index is -0.934. The lowest BCUT2D eigenvalue weighted by Crippen LogP contribution is -2.32. The Kier molecular flexibility index (Phi) is 7.51. The molecule has 0 aliphatic rings. The van der Waals surface area contributed by atoms with Gasteiger partial charge in [0, 0.05) is 15.7 Å². The maximum absolute atomic E-state index is 12.5. The number of aryl methyl sites for hydroxylation is 2. The summed E-state index contributed by atoms with van der Waals surface area (Å²) in [6, 6.07) is 19.1. The van der Waals surface area contributed by atoms with E-state index in [1.54, 1.807) is 48.5 Å². The van der Waals surface area contributed by atoms with Gasteiger partial charge in [-0.25, -0.2) is 10.2 Å². The molecule has 7 nitrogen and oxygen atoms in total. The van der Waals surface area contributed by atoms with E-state index in [1.807, 2.05) is 32.0 Å². The molecule has 0 saturated carbocycles. The topological polar surface area (TPSA) is 96.9 Å². The normalized spacial score (nSPS) is 10.6. The minimum absolute atomic E-state index is 0.253. The SMILES string of the molecule is Cc1cccc(NC(=O)C(=O)N/N=C/c2cc(Br)ccc2OC(=O)c2ccccc2C)c1. The van der Waals surface area contributed by atoms with E-state index in [0.29, 0.717) is 16.8 Å². The van der Waals surface area contributed by atoms with Crippen LogP contribution in [0.2, 0.25) is 0 Å². The smallest absolute Gasteiger partial charge is 0.343 e. The zero-order valence-corrected chi connectivity index (χ0v) is 19.0. The number of ether oxygens (including phenoxy) is 1. The average molecular weight is 494 g/mol. The Morgan fingerprint density at radius 1 is 0.938 bits per heavy atom. The van der Waals surface area contributed by atoms with Gasteiger partial charge in [0.15, 0.2) is 0 Å². The summed E-state index contributed by atoms with van der Waals surface area (Å²) in [5.41, 5.74) is 5.29. The predicted molar refractivity (Wildman–Crippen MR) is 126 cm³/mol. The van der Waals surface area contributed by atoms with Crippen molar-refractivity contribution in [1.82, 2.24) is 5.43 Å². The zero-order valence-electron chi connectivity index (χ0n) is 17.4. The highest BCUT2D eigenvalue weighted by molar-refractivity contribution is 9.10. The van der Waals surface area contributed by atoms with Crippen LogP contribution in [0.1, 0.15) is 27.0 Å². The molecule has 0 heterocycles. The molecule has 0 aliphatic carbocycles. The predicted octanol–water partition coefficient (Wildman–Crippen LogP) is 4.37. The molecule has 0 aliphatic heterocycles. The van der Waals surface area contributed by atoms with E-state index in [2.05, 4.69) is 31.8 Å². The molecule has 2 N–H and O–H groups in total. The Hall–Kier alpha value is -3.78. The van der Waals surface area contributed by atoms with Crippen molar-refractivity contribution in [1.29, 1.82) is 0 Å². The summed E-state index contributed by atoms with van der Waals surface area (Å²) in [5, 5.41) is 6.32. The van der Waals surface area contributed by atoms with Crippen molar-refractivity contribution < 1.29 is 19.1 Å². The lowest BCUT2D eigenvalue weighted by Gasteiger charge is -2.09. The van der Waals surface area contributed by atoms with E-state index < -0.39 is 17.8 Å². The van der Waals surface area contributed by atoms with Crippen molar-refractivity contribution in [3.8, 4) is 5.75 Å². The fourth-order valence-corrected chi connectivity index (χ4v) is 3.17. The van der Waals surface area contributed by atoms with Gasteiger partial charge in [-0.3, -0.25) is 9.59 Å². The van der Waals surface area contributed by atoms with Crippen LogP contribution in [0.3, 0.4) is 0 Å². The highest BCUT2D eigenvalue weighted by atomic mass is 79.9. The Bertz CT molecular complexity index is 1210. The molecule has 3 rings (SSSR count). The van der Waals surface area contributed by atoms with Crippen molar-refractivity contribution in [2.75, 3.05) is 5.32 Å². The Morgan fingerprint density at radius 3 is 2.47 bits per heavy atom. The van der Waals surface area contributed by atoms with Crippen LogP contribution in [-0.2, 0) is 9.59 Å². The maximum atomic E-state index is 12.5. The van der Waals surface area contributed by atoms with E-state index >= 15 is 0 Å². The van der Waals surface area contributed by atoms with Crippen molar-refractivity contribution in [2.45, 2.75) is 13.8 Å². The van der Waals surface area contributed by atoms with Crippen LogP contribution in [0.5, 0.6) is 5.75 Å². The van der Waals surface area contributed by atoms with Gasteiger partial charge in [0.1, 0.15) is 5.75 Å². The van der Waals surface area contributed by atoms with Crippen LogP contribution >= 0.6 is 15.9 Å². The highest BCUT2D eigenvalue weighted by Crippen LogP contribution is 2.23. The second kappa shape index (κ2) is 10.5. The summed E-state index contributed by atoms with van der Waals surface area (Å²) in [5.74, 6) is -2.05. The average Bonchev–Trinajstić information content (AvgIpc) is 2.75. The lowest BCUT2D eigenvalue weighted by atomic mass is 10.1. The molecule has 0 bridgehead atoms. The van der Waals surface area contributed by atoms with Crippen molar-refractivity contribution in [3.05, 3.63) is 93.5 Å². The third kappa shape index (κ3) is 6.12. The van der Waals surface area contributed by atoms with Crippen LogP contribution < -0.4 is 15.5 Å². The number of hydrogen-bond acceptors (Lipinski definition) is 5. The monoisotopic (exact) mass is 493 g/mol. The Balaban J connectivity index is 1.68. The van der Waals surface area contributed by atoms with Crippen molar-refractivity contribution >= 4 is 45.6 Å². The maximum Gasteiger partial charge on any atom is 0.343 e. The standard InChI is InChI=1S/C24H20BrN3O4/c1-15-6-5-8-19(12-15)27-22(29)23(30)28-26-14-17-13-18(25)10-11-21(17)32-24(31)20-9-4-3-7-16(20)2/h3-14H,1-2H3,(H,27,29)(H,28,30)/b26-14+. The molecule has 0 atom stereocenters. The number of carbonyl (C=O) groups excluding carboxylic acids is 3. The third-order valence-electron chi connectivity index (χ3n) is 4.39. The molecule has 3 aromatic rings. The van der Waals surface area contributed by atoms with E-state index in [1.165, 1.54) is 6.21 Å². The molecule has 32 heavy (non-hydrogen) atoms. The number of rotatable bonds is 5. The molecule has 0 radical (unpaired) electrons. The number of nitrogens with one attached hydrogen (secondary N) is 2. The molecule has 0 aromatic heterocycles. The fraction of sp³-hybridized carbons (Fsp3) is 0.0833. The molecule has 2 amide bonds. The van der Waals surface area contributed by atoms with Gasteiger partial charge in [0.25, 0.3) is 0 Å². The van der Waals surface area contributed by atoms with Gasteiger partial charge < -0.3 is 10.1 Å². The largest absolute Gasteiger partial charge is 0.422 e. The van der Waals surface area contributed by atoms with Crippen LogP contribution in [0, 0.1) is 13.8 Å². The van der Waals surface area contributed by atoms with Gasteiger partial charge in [-0.15, -0.1) is 0 Å². The first-order valence-corrected chi connectivity index (χ1v) is 10.4. The van der Waals surface area contributed by atoms with E-state index in [-0.39, 0.29) is 5.75 Å². The molecule has 162 valence electrons. The summed E-state index contributed by atoms with van der Waals surface area (Å²) < 4.78 is 6.24. The van der Waals surface area contributed by atoms with Gasteiger partial charge in [0.2, 0.25) is 0 Å². The number of anilines is 1. The first-order valence-electron chi connectivity index (χ1n) is 9.62. The number of halogens is 1. The van der Waals surface area contributed by atoms with Crippen molar-refractivity contribution in [2.24, 2.45) is 5.10 Å². The molecular weight excluding hydrogens is 474 g/mol. The Morgan fingerprint density at radius 2 is 1.72 bits per heavy atom. The quantitative estimate of drug-likeness (QED) is 0.181. The molecule has 0 fully saturated rings. The summed E-state index contributed by atoms with van der Waals surface area (Å²) in [4.78, 5) is 36.6. The first kappa shape index (κ1) is 22.9. The molecule has 3 aromatic carbocycles. The van der Waals surface area contributed by atoms with E-state index in [4.69, 9.17) is 4.74 Å². The van der Waals surface area contributed by atoms with Gasteiger partial charge in [-0.2, -0.15) is 5.10 Å². The molecule has 0 unspecified atom stereocenters. The molecule has 0 saturated heterocycles. The summed E-state index contributed by atoms with van der Waals surface area (Å²) in [7, 11) is 0. The number of amides is 2. The van der Waals surface area contributed by atoms with Crippen LogP contribution in [0.25, 0.3) is 0 Å². The summed E-state index contributed by atoms with van der Waals surface area (Å²) in [6.07, 6.45) is 1.29. The zero-order chi connectivity index (χ0) is 23.1. The number of carbonyl (C=O) groups is 3. The summed E-state index contributed by atoms with van der Waals surface area (Å²) >= 11 is 3.35. The van der Waals surface area contributed by atoms with E-state index in [0.717, 1.165) is 15.6 Å². The Labute approximate surface area is 193 Å². The van der Waals surface area contributed by atoms with Gasteiger partial charge in [0.05, 0.1) is 11.8 Å². The number of hydrazone groups is 1. The number of hydrogen-bond donors (Lipinski definition) is 2. The third-order valence-corrected chi connectivity index (χ3v) is 4.88. The highest BCUT2D eigenvalue weighted by Gasteiger charge is 2.15. The fourth-order valence-electron chi connectivity index (χ4n) is 2.79. The number of benzene rings is 3. The second-order valence-electron chi connectivity index (χ2n) is 6.91. The molecular formula is C24H20BrN3O4.